The van der Waals surface area contributed by atoms with Crippen LogP contribution in [-0.4, -0.2) is 15.7 Å². The molecular weight excluding hydrogens is 207 g/mol. The van der Waals surface area contributed by atoms with Crippen molar-refractivity contribution in [1.29, 1.82) is 0 Å². The summed E-state index contributed by atoms with van der Waals surface area (Å²) in [6.45, 7) is 0. The maximum absolute atomic E-state index is 11.9. The molecule has 1 heterocycles. The molecule has 0 bridgehead atoms. The Morgan fingerprint density at radius 3 is 2.67 bits per heavy atom. The Morgan fingerprint density at radius 2 is 2.20 bits per heavy atom. The van der Waals surface area contributed by atoms with E-state index in [1.54, 1.807) is 24.0 Å². The van der Waals surface area contributed by atoms with Gasteiger partial charge in [-0.2, -0.15) is 13.2 Å². The van der Waals surface area contributed by atoms with E-state index in [-0.39, 0.29) is 6.42 Å². The van der Waals surface area contributed by atoms with E-state index in [2.05, 4.69) is 4.98 Å². The van der Waals surface area contributed by atoms with E-state index in [0.717, 1.165) is 0 Å². The summed E-state index contributed by atoms with van der Waals surface area (Å²) in [5.74, 6) is 0.622. The zero-order valence-corrected chi connectivity index (χ0v) is 8.46. The summed E-state index contributed by atoms with van der Waals surface area (Å²) in [7, 11) is 1.77. The molecular formula is C9H14F3N3. The summed E-state index contributed by atoms with van der Waals surface area (Å²) in [6, 6.07) is -0.424. The van der Waals surface area contributed by atoms with Gasteiger partial charge in [-0.15, -0.1) is 0 Å². The summed E-state index contributed by atoms with van der Waals surface area (Å²) in [6.07, 6.45) is -1.24. The van der Waals surface area contributed by atoms with Gasteiger partial charge in [0.05, 0.1) is 6.04 Å². The lowest BCUT2D eigenvalue weighted by Gasteiger charge is -2.12. The highest BCUT2D eigenvalue weighted by Crippen LogP contribution is 2.24. The van der Waals surface area contributed by atoms with Gasteiger partial charge in [-0.1, -0.05) is 0 Å². The third kappa shape index (κ3) is 3.91. The van der Waals surface area contributed by atoms with E-state index >= 15 is 0 Å². The number of halogens is 3. The number of rotatable bonds is 4. The molecule has 0 radical (unpaired) electrons. The topological polar surface area (TPSA) is 43.8 Å². The van der Waals surface area contributed by atoms with Crippen molar-refractivity contribution >= 4 is 0 Å². The van der Waals surface area contributed by atoms with Crippen LogP contribution in [-0.2, 0) is 7.05 Å². The van der Waals surface area contributed by atoms with Crippen LogP contribution in [0.2, 0.25) is 0 Å². The molecule has 3 nitrogen and oxygen atoms in total. The Labute approximate surface area is 86.1 Å². The molecule has 1 rings (SSSR count). The fourth-order valence-corrected chi connectivity index (χ4v) is 1.39. The zero-order valence-electron chi connectivity index (χ0n) is 8.46. The third-order valence-electron chi connectivity index (χ3n) is 2.17. The van der Waals surface area contributed by atoms with Gasteiger partial charge < -0.3 is 10.3 Å². The number of alkyl halides is 3. The van der Waals surface area contributed by atoms with Crippen LogP contribution in [0.5, 0.6) is 0 Å². The normalized spacial score (nSPS) is 14.2. The Hall–Kier alpha value is -1.04. The molecule has 0 saturated carbocycles. The standard InChI is InChI=1S/C9H14F3N3/c1-15-6-5-14-8(15)7(13)3-2-4-9(10,11)12/h5-7H,2-4,13H2,1H3. The largest absolute Gasteiger partial charge is 0.389 e. The molecule has 86 valence electrons. The minimum absolute atomic E-state index is 0.0392. The average molecular weight is 221 g/mol. The van der Waals surface area contributed by atoms with Crippen LogP contribution in [0.15, 0.2) is 12.4 Å². The molecule has 0 aliphatic rings. The molecule has 1 atom stereocenters. The van der Waals surface area contributed by atoms with Gasteiger partial charge in [0.1, 0.15) is 5.82 Å². The molecule has 0 aliphatic heterocycles. The van der Waals surface area contributed by atoms with Gasteiger partial charge in [-0.05, 0) is 12.8 Å². The minimum atomic E-state index is -4.10. The zero-order chi connectivity index (χ0) is 11.5. The van der Waals surface area contributed by atoms with Crippen LogP contribution in [0.3, 0.4) is 0 Å². The second-order valence-electron chi connectivity index (χ2n) is 3.51. The summed E-state index contributed by atoms with van der Waals surface area (Å²) < 4.78 is 37.3. The predicted molar refractivity (Wildman–Crippen MR) is 50.0 cm³/mol. The maximum Gasteiger partial charge on any atom is 0.389 e. The SMILES string of the molecule is Cn1ccnc1C(N)CCCC(F)(F)F. The van der Waals surface area contributed by atoms with Crippen molar-refractivity contribution in [1.82, 2.24) is 9.55 Å². The molecule has 0 amide bonds. The Balaban J connectivity index is 2.37. The van der Waals surface area contributed by atoms with E-state index in [0.29, 0.717) is 12.2 Å². The Bertz CT molecular complexity index is 306. The monoisotopic (exact) mass is 221 g/mol. The van der Waals surface area contributed by atoms with E-state index in [1.807, 2.05) is 0 Å². The smallest absolute Gasteiger partial charge is 0.337 e. The lowest BCUT2D eigenvalue weighted by atomic mass is 10.1. The second-order valence-corrected chi connectivity index (χ2v) is 3.51. The van der Waals surface area contributed by atoms with Crippen LogP contribution in [0.25, 0.3) is 0 Å². The molecule has 0 aromatic carbocycles. The molecule has 1 aromatic rings. The highest BCUT2D eigenvalue weighted by Gasteiger charge is 2.26. The van der Waals surface area contributed by atoms with Crippen molar-refractivity contribution in [3.8, 4) is 0 Å². The second kappa shape index (κ2) is 4.65. The first-order valence-electron chi connectivity index (χ1n) is 4.69. The quantitative estimate of drug-likeness (QED) is 0.846. The lowest BCUT2D eigenvalue weighted by Crippen LogP contribution is -2.16. The lowest BCUT2D eigenvalue weighted by molar-refractivity contribution is -0.135. The first-order valence-corrected chi connectivity index (χ1v) is 4.69. The molecule has 15 heavy (non-hydrogen) atoms. The number of nitrogens with two attached hydrogens (primary N) is 1. The van der Waals surface area contributed by atoms with E-state index in [1.165, 1.54) is 0 Å². The van der Waals surface area contributed by atoms with Crippen molar-refractivity contribution in [3.63, 3.8) is 0 Å². The van der Waals surface area contributed by atoms with Crippen LogP contribution < -0.4 is 5.73 Å². The van der Waals surface area contributed by atoms with Crippen LogP contribution in [0.4, 0.5) is 13.2 Å². The highest BCUT2D eigenvalue weighted by molar-refractivity contribution is 4.97. The first kappa shape index (κ1) is 12.0. The van der Waals surface area contributed by atoms with Crippen LogP contribution >= 0.6 is 0 Å². The number of aromatic nitrogens is 2. The van der Waals surface area contributed by atoms with Gasteiger partial charge >= 0.3 is 6.18 Å². The number of imidazole rings is 1. The first-order chi connectivity index (χ1) is 6.90. The summed E-state index contributed by atoms with van der Waals surface area (Å²) >= 11 is 0. The predicted octanol–water partition coefficient (Wildman–Crippen LogP) is 2.15. The Kier molecular flexibility index (Phi) is 3.73. The third-order valence-corrected chi connectivity index (χ3v) is 2.17. The van der Waals surface area contributed by atoms with Gasteiger partial charge in [0.2, 0.25) is 0 Å². The van der Waals surface area contributed by atoms with Gasteiger partial charge in [-0.3, -0.25) is 0 Å². The van der Waals surface area contributed by atoms with Gasteiger partial charge in [-0.25, -0.2) is 4.98 Å². The molecule has 0 spiro atoms. The number of aryl methyl sites for hydroxylation is 1. The van der Waals surface area contributed by atoms with E-state index < -0.39 is 18.6 Å². The average Bonchev–Trinajstić information content (AvgIpc) is 2.48. The van der Waals surface area contributed by atoms with Crippen molar-refractivity contribution in [2.45, 2.75) is 31.5 Å². The number of hydrogen-bond acceptors (Lipinski definition) is 2. The van der Waals surface area contributed by atoms with Crippen molar-refractivity contribution in [3.05, 3.63) is 18.2 Å². The molecule has 2 N–H and O–H groups in total. The maximum atomic E-state index is 11.9. The number of hydrogen-bond donors (Lipinski definition) is 1. The highest BCUT2D eigenvalue weighted by atomic mass is 19.4. The van der Waals surface area contributed by atoms with Crippen LogP contribution in [0, 0.1) is 0 Å². The van der Waals surface area contributed by atoms with Gasteiger partial charge in [0.25, 0.3) is 0 Å². The summed E-state index contributed by atoms with van der Waals surface area (Å²) in [4.78, 5) is 3.99. The fourth-order valence-electron chi connectivity index (χ4n) is 1.39. The van der Waals surface area contributed by atoms with Crippen molar-refractivity contribution in [2.24, 2.45) is 12.8 Å². The minimum Gasteiger partial charge on any atom is -0.337 e. The van der Waals surface area contributed by atoms with Crippen molar-refractivity contribution in [2.75, 3.05) is 0 Å². The van der Waals surface area contributed by atoms with E-state index in [9.17, 15) is 13.2 Å². The van der Waals surface area contributed by atoms with Gasteiger partial charge in [0.15, 0.2) is 0 Å². The molecule has 0 fully saturated rings. The molecule has 0 aliphatic carbocycles. The summed E-state index contributed by atoms with van der Waals surface area (Å²) in [5, 5.41) is 0. The molecule has 1 aromatic heterocycles. The molecule has 0 saturated heterocycles. The summed E-state index contributed by atoms with van der Waals surface area (Å²) in [5.41, 5.74) is 5.72. The number of nitrogens with zero attached hydrogens (tertiary/aromatic N) is 2. The molecule has 1 unspecified atom stereocenters. The van der Waals surface area contributed by atoms with E-state index in [4.69, 9.17) is 5.73 Å². The van der Waals surface area contributed by atoms with Crippen LogP contribution in [0.1, 0.15) is 31.1 Å². The van der Waals surface area contributed by atoms with Gasteiger partial charge in [0, 0.05) is 25.9 Å². The molecule has 6 heteroatoms. The van der Waals surface area contributed by atoms with Crippen molar-refractivity contribution < 1.29 is 13.2 Å². The Morgan fingerprint density at radius 1 is 1.53 bits per heavy atom. The fraction of sp³-hybridized carbons (Fsp3) is 0.667.